The molecule has 1 amide bonds. The molecule has 0 saturated carbocycles. The SMILES string of the molecule is CCOc1ccc(C(CC(=O)Nc2cc(C)nc(C)n2)n2cc3ccccc3c2O)cc1OC. The lowest BCUT2D eigenvalue weighted by Crippen LogP contribution is -2.20. The standard InChI is InChI=1S/C26H28N4O4/c1-5-34-22-11-10-18(13-23(22)33-4)21(30-15-19-8-6-7-9-20(19)26(30)32)14-25(31)29-24-12-16(2)27-17(3)28-24/h6-13,15,21,32H,5,14H2,1-4H3,(H,27,28,29,31). The van der Waals surface area contributed by atoms with Crippen LogP contribution in [-0.4, -0.2) is 39.3 Å². The number of hydrogen-bond donors (Lipinski definition) is 2. The van der Waals surface area contributed by atoms with Gasteiger partial charge in [-0.2, -0.15) is 0 Å². The molecule has 176 valence electrons. The number of amides is 1. The van der Waals surface area contributed by atoms with E-state index in [1.54, 1.807) is 24.7 Å². The first-order chi connectivity index (χ1) is 16.4. The average Bonchev–Trinajstić information content (AvgIpc) is 3.13. The molecule has 0 bridgehead atoms. The van der Waals surface area contributed by atoms with E-state index in [0.29, 0.717) is 35.1 Å². The second-order valence-electron chi connectivity index (χ2n) is 8.00. The molecule has 0 aliphatic carbocycles. The van der Waals surface area contributed by atoms with Crippen LogP contribution in [0.5, 0.6) is 17.4 Å². The van der Waals surface area contributed by atoms with Crippen molar-refractivity contribution in [2.24, 2.45) is 0 Å². The molecule has 0 radical (unpaired) electrons. The topological polar surface area (TPSA) is 98.5 Å². The van der Waals surface area contributed by atoms with Crippen molar-refractivity contribution in [3.05, 3.63) is 71.8 Å². The van der Waals surface area contributed by atoms with Gasteiger partial charge in [0.15, 0.2) is 17.4 Å². The van der Waals surface area contributed by atoms with Crippen molar-refractivity contribution < 1.29 is 19.4 Å². The van der Waals surface area contributed by atoms with E-state index in [1.165, 1.54) is 0 Å². The minimum absolute atomic E-state index is 0.0633. The molecule has 2 N–H and O–H groups in total. The van der Waals surface area contributed by atoms with Crippen molar-refractivity contribution in [2.45, 2.75) is 33.2 Å². The zero-order chi connectivity index (χ0) is 24.2. The Hall–Kier alpha value is -4.07. The number of aromatic hydroxyl groups is 1. The van der Waals surface area contributed by atoms with Crippen molar-refractivity contribution in [3.8, 4) is 17.4 Å². The van der Waals surface area contributed by atoms with Crippen LogP contribution in [0.1, 0.15) is 36.5 Å². The highest BCUT2D eigenvalue weighted by molar-refractivity contribution is 5.91. The van der Waals surface area contributed by atoms with E-state index in [0.717, 1.165) is 16.6 Å². The van der Waals surface area contributed by atoms with Crippen LogP contribution in [0.4, 0.5) is 5.82 Å². The number of nitrogens with one attached hydrogen (secondary N) is 1. The maximum atomic E-state index is 13.1. The number of fused-ring (bicyclic) bond motifs is 1. The summed E-state index contributed by atoms with van der Waals surface area (Å²) >= 11 is 0. The smallest absolute Gasteiger partial charge is 0.227 e. The molecular weight excluding hydrogens is 432 g/mol. The normalized spacial score (nSPS) is 11.9. The molecule has 8 nitrogen and oxygen atoms in total. The molecular formula is C26H28N4O4. The predicted molar refractivity (Wildman–Crippen MR) is 131 cm³/mol. The van der Waals surface area contributed by atoms with Crippen LogP contribution in [0.25, 0.3) is 10.8 Å². The number of aryl methyl sites for hydroxylation is 2. The molecule has 1 unspecified atom stereocenters. The Morgan fingerprint density at radius 1 is 1.12 bits per heavy atom. The van der Waals surface area contributed by atoms with Gasteiger partial charge < -0.3 is 24.5 Å². The van der Waals surface area contributed by atoms with E-state index in [9.17, 15) is 9.90 Å². The fraction of sp³-hybridized carbons (Fsp3) is 0.269. The average molecular weight is 461 g/mol. The Labute approximate surface area is 198 Å². The fourth-order valence-electron chi connectivity index (χ4n) is 4.09. The number of carbonyl (C=O) groups excluding carboxylic acids is 1. The van der Waals surface area contributed by atoms with Crippen LogP contribution in [0, 0.1) is 13.8 Å². The molecule has 2 aromatic carbocycles. The molecule has 34 heavy (non-hydrogen) atoms. The summed E-state index contributed by atoms with van der Waals surface area (Å²) in [4.78, 5) is 21.7. The number of ether oxygens (including phenoxy) is 2. The van der Waals surface area contributed by atoms with Crippen molar-refractivity contribution in [1.29, 1.82) is 0 Å². The number of nitrogens with zero attached hydrogens (tertiary/aromatic N) is 3. The molecule has 0 spiro atoms. The van der Waals surface area contributed by atoms with E-state index in [-0.39, 0.29) is 18.2 Å². The maximum absolute atomic E-state index is 13.1. The van der Waals surface area contributed by atoms with E-state index >= 15 is 0 Å². The van der Waals surface area contributed by atoms with Gasteiger partial charge in [-0.05, 0) is 44.5 Å². The molecule has 0 fully saturated rings. The number of anilines is 1. The van der Waals surface area contributed by atoms with Crippen molar-refractivity contribution >= 4 is 22.5 Å². The molecule has 4 aromatic rings. The summed E-state index contributed by atoms with van der Waals surface area (Å²) < 4.78 is 12.9. The Morgan fingerprint density at radius 3 is 2.62 bits per heavy atom. The van der Waals surface area contributed by atoms with E-state index in [2.05, 4.69) is 15.3 Å². The number of aromatic nitrogens is 3. The zero-order valence-corrected chi connectivity index (χ0v) is 19.7. The van der Waals surface area contributed by atoms with Gasteiger partial charge in [-0.1, -0.05) is 24.3 Å². The van der Waals surface area contributed by atoms with Crippen LogP contribution < -0.4 is 14.8 Å². The third-order valence-electron chi connectivity index (χ3n) is 5.54. The molecule has 8 heteroatoms. The highest BCUT2D eigenvalue weighted by atomic mass is 16.5. The Kier molecular flexibility index (Phi) is 6.67. The molecule has 2 aromatic heterocycles. The van der Waals surface area contributed by atoms with Gasteiger partial charge in [0, 0.05) is 28.7 Å². The quantitative estimate of drug-likeness (QED) is 0.393. The predicted octanol–water partition coefficient (Wildman–Crippen LogP) is 4.78. The summed E-state index contributed by atoms with van der Waals surface area (Å²) in [6.45, 7) is 6.04. The van der Waals surface area contributed by atoms with Gasteiger partial charge in [0.25, 0.3) is 0 Å². The third-order valence-corrected chi connectivity index (χ3v) is 5.54. The van der Waals surface area contributed by atoms with Crippen LogP contribution in [-0.2, 0) is 4.79 Å². The second-order valence-corrected chi connectivity index (χ2v) is 8.00. The first kappa shape index (κ1) is 23.1. The van der Waals surface area contributed by atoms with Gasteiger partial charge >= 0.3 is 0 Å². The highest BCUT2D eigenvalue weighted by Crippen LogP contribution is 2.37. The van der Waals surface area contributed by atoms with Crippen LogP contribution in [0.2, 0.25) is 0 Å². The Balaban J connectivity index is 1.73. The summed E-state index contributed by atoms with van der Waals surface area (Å²) in [5.41, 5.74) is 1.56. The monoisotopic (exact) mass is 460 g/mol. The number of carbonyl (C=O) groups is 1. The molecule has 1 atom stereocenters. The van der Waals surface area contributed by atoms with Gasteiger partial charge in [-0.15, -0.1) is 0 Å². The summed E-state index contributed by atoms with van der Waals surface area (Å²) in [7, 11) is 1.57. The number of hydrogen-bond acceptors (Lipinski definition) is 6. The van der Waals surface area contributed by atoms with Crippen LogP contribution in [0.15, 0.2) is 54.7 Å². The summed E-state index contributed by atoms with van der Waals surface area (Å²) in [5.74, 6) is 2.05. The third kappa shape index (κ3) is 4.80. The van der Waals surface area contributed by atoms with E-state index in [4.69, 9.17) is 9.47 Å². The lowest BCUT2D eigenvalue weighted by atomic mass is 10.0. The Bertz CT molecular complexity index is 1310. The lowest BCUT2D eigenvalue weighted by Gasteiger charge is -2.21. The molecule has 0 aliphatic rings. The second kappa shape index (κ2) is 9.82. The number of benzene rings is 2. The number of methoxy groups -OCH3 is 1. The lowest BCUT2D eigenvalue weighted by molar-refractivity contribution is -0.116. The van der Waals surface area contributed by atoms with Gasteiger partial charge in [0.2, 0.25) is 5.91 Å². The van der Waals surface area contributed by atoms with Gasteiger partial charge in [-0.3, -0.25) is 4.79 Å². The Morgan fingerprint density at radius 2 is 1.91 bits per heavy atom. The summed E-state index contributed by atoms with van der Waals surface area (Å²) in [6, 6.07) is 14.3. The largest absolute Gasteiger partial charge is 0.494 e. The van der Waals surface area contributed by atoms with Gasteiger partial charge in [0.05, 0.1) is 26.2 Å². The molecule has 0 aliphatic heterocycles. The van der Waals surface area contributed by atoms with Crippen LogP contribution >= 0.6 is 0 Å². The van der Waals surface area contributed by atoms with Crippen molar-refractivity contribution in [1.82, 2.24) is 14.5 Å². The number of rotatable bonds is 8. The zero-order valence-electron chi connectivity index (χ0n) is 19.7. The van der Waals surface area contributed by atoms with Crippen molar-refractivity contribution in [2.75, 3.05) is 19.0 Å². The first-order valence-corrected chi connectivity index (χ1v) is 11.1. The van der Waals surface area contributed by atoms with Gasteiger partial charge in [0.1, 0.15) is 11.6 Å². The molecule has 4 rings (SSSR count). The van der Waals surface area contributed by atoms with Gasteiger partial charge in [-0.25, -0.2) is 9.97 Å². The van der Waals surface area contributed by atoms with Crippen LogP contribution in [0.3, 0.4) is 0 Å². The van der Waals surface area contributed by atoms with Crippen molar-refractivity contribution in [3.63, 3.8) is 0 Å². The van der Waals surface area contributed by atoms with E-state index < -0.39 is 6.04 Å². The van der Waals surface area contributed by atoms with E-state index in [1.807, 2.05) is 62.5 Å². The fourth-order valence-corrected chi connectivity index (χ4v) is 4.09. The maximum Gasteiger partial charge on any atom is 0.227 e. The highest BCUT2D eigenvalue weighted by Gasteiger charge is 2.24. The summed E-state index contributed by atoms with van der Waals surface area (Å²) in [6.07, 6.45) is 1.91. The minimum atomic E-state index is -0.499. The first-order valence-electron chi connectivity index (χ1n) is 11.1. The summed E-state index contributed by atoms with van der Waals surface area (Å²) in [5, 5.41) is 15.5. The minimum Gasteiger partial charge on any atom is -0.494 e. The molecule has 0 saturated heterocycles. The molecule has 2 heterocycles.